The van der Waals surface area contributed by atoms with Crippen LogP contribution in [0.25, 0.3) is 0 Å². The van der Waals surface area contributed by atoms with E-state index in [4.69, 9.17) is 4.42 Å². The van der Waals surface area contributed by atoms with Crippen LogP contribution in [-0.2, 0) is 6.42 Å². The third-order valence-electron chi connectivity index (χ3n) is 2.43. The number of rotatable bonds is 4. The molecule has 2 aromatic rings. The van der Waals surface area contributed by atoms with Crippen LogP contribution in [0, 0.1) is 13.8 Å². The molecule has 0 unspecified atom stereocenters. The number of hydrogen-bond acceptors (Lipinski definition) is 4. The van der Waals surface area contributed by atoms with Crippen LogP contribution < -0.4 is 5.32 Å². The summed E-state index contributed by atoms with van der Waals surface area (Å²) in [5.41, 5.74) is 1.05. The van der Waals surface area contributed by atoms with Crippen LogP contribution >= 0.6 is 27.3 Å². The van der Waals surface area contributed by atoms with Crippen LogP contribution in [0.1, 0.15) is 26.1 Å². The molecule has 0 atom stereocenters. The lowest BCUT2D eigenvalue weighted by Crippen LogP contribution is -2.25. The van der Waals surface area contributed by atoms with Crippen molar-refractivity contribution in [3.8, 4) is 0 Å². The monoisotopic (exact) mass is 328 g/mol. The molecule has 2 aromatic heterocycles. The molecule has 0 saturated carbocycles. The normalized spacial score (nSPS) is 10.6. The van der Waals surface area contributed by atoms with Crippen LogP contribution in [0.2, 0.25) is 0 Å². The van der Waals surface area contributed by atoms with Gasteiger partial charge in [0.1, 0.15) is 0 Å². The Balaban J connectivity index is 1.85. The summed E-state index contributed by atoms with van der Waals surface area (Å²) < 4.78 is 5.73. The molecule has 18 heavy (non-hydrogen) atoms. The number of aromatic nitrogens is 1. The van der Waals surface area contributed by atoms with Gasteiger partial charge in [0.2, 0.25) is 0 Å². The Bertz CT molecular complexity index is 562. The van der Waals surface area contributed by atoms with Gasteiger partial charge in [-0.05, 0) is 41.9 Å². The van der Waals surface area contributed by atoms with E-state index in [0.29, 0.717) is 17.0 Å². The first-order chi connectivity index (χ1) is 8.56. The SMILES string of the molecule is Cc1nc(C)c(CCNC(=O)c2ccc(Br)o2)s1. The van der Waals surface area contributed by atoms with Crippen molar-refractivity contribution in [2.75, 3.05) is 6.54 Å². The zero-order valence-corrected chi connectivity index (χ0v) is 12.5. The molecule has 0 aliphatic carbocycles. The Morgan fingerprint density at radius 2 is 2.28 bits per heavy atom. The van der Waals surface area contributed by atoms with Crippen molar-refractivity contribution in [2.24, 2.45) is 0 Å². The molecule has 0 saturated heterocycles. The Kier molecular flexibility index (Phi) is 4.19. The highest BCUT2D eigenvalue weighted by atomic mass is 79.9. The van der Waals surface area contributed by atoms with E-state index in [-0.39, 0.29) is 5.91 Å². The van der Waals surface area contributed by atoms with E-state index in [1.54, 1.807) is 23.5 Å². The fourth-order valence-electron chi connectivity index (χ4n) is 1.62. The fraction of sp³-hybridized carbons (Fsp3) is 0.333. The molecular formula is C12H13BrN2O2S. The highest BCUT2D eigenvalue weighted by Gasteiger charge is 2.10. The quantitative estimate of drug-likeness (QED) is 0.938. The minimum Gasteiger partial charge on any atom is -0.444 e. The number of amides is 1. The lowest BCUT2D eigenvalue weighted by molar-refractivity contribution is 0.0925. The van der Waals surface area contributed by atoms with Gasteiger partial charge in [0, 0.05) is 17.8 Å². The molecule has 6 heteroatoms. The Hall–Kier alpha value is -1.14. The number of halogens is 1. The van der Waals surface area contributed by atoms with Crippen LogP contribution in [0.4, 0.5) is 0 Å². The summed E-state index contributed by atoms with van der Waals surface area (Å²) in [5, 5.41) is 3.88. The molecule has 96 valence electrons. The average Bonchev–Trinajstić information content (AvgIpc) is 2.86. The number of carbonyl (C=O) groups is 1. The second kappa shape index (κ2) is 5.67. The first kappa shape index (κ1) is 13.3. The van der Waals surface area contributed by atoms with E-state index in [0.717, 1.165) is 17.1 Å². The number of carbonyl (C=O) groups excluding carboxylic acids is 1. The molecule has 0 bridgehead atoms. The smallest absolute Gasteiger partial charge is 0.287 e. The summed E-state index contributed by atoms with van der Waals surface area (Å²) in [6.07, 6.45) is 0.797. The van der Waals surface area contributed by atoms with Gasteiger partial charge in [-0.1, -0.05) is 0 Å². The Morgan fingerprint density at radius 3 is 2.83 bits per heavy atom. The summed E-state index contributed by atoms with van der Waals surface area (Å²) in [7, 11) is 0. The standard InChI is InChI=1S/C12H13BrN2O2S/c1-7-10(18-8(2)15-7)5-6-14-12(16)9-3-4-11(13)17-9/h3-4H,5-6H2,1-2H3,(H,14,16). The fourth-order valence-corrected chi connectivity index (χ4v) is 2.86. The average molecular weight is 329 g/mol. The summed E-state index contributed by atoms with van der Waals surface area (Å²) in [4.78, 5) is 17.3. The highest BCUT2D eigenvalue weighted by Crippen LogP contribution is 2.17. The van der Waals surface area contributed by atoms with Gasteiger partial charge in [0.05, 0.1) is 10.7 Å². The maximum Gasteiger partial charge on any atom is 0.287 e. The molecule has 0 aliphatic heterocycles. The zero-order chi connectivity index (χ0) is 13.1. The lowest BCUT2D eigenvalue weighted by Gasteiger charge is -2.02. The molecule has 1 amide bonds. The number of nitrogens with one attached hydrogen (secondary N) is 1. The largest absolute Gasteiger partial charge is 0.444 e. The third-order valence-corrected chi connectivity index (χ3v) is 3.99. The predicted molar refractivity (Wildman–Crippen MR) is 74.0 cm³/mol. The zero-order valence-electron chi connectivity index (χ0n) is 10.1. The van der Waals surface area contributed by atoms with Crippen molar-refractivity contribution in [1.29, 1.82) is 0 Å². The van der Waals surface area contributed by atoms with Crippen molar-refractivity contribution in [3.63, 3.8) is 0 Å². The van der Waals surface area contributed by atoms with E-state index >= 15 is 0 Å². The van der Waals surface area contributed by atoms with E-state index in [1.165, 1.54) is 4.88 Å². The first-order valence-corrected chi connectivity index (χ1v) is 7.13. The molecule has 2 rings (SSSR count). The molecule has 2 heterocycles. The van der Waals surface area contributed by atoms with Gasteiger partial charge < -0.3 is 9.73 Å². The minimum absolute atomic E-state index is 0.195. The van der Waals surface area contributed by atoms with E-state index in [2.05, 4.69) is 26.2 Å². The maximum atomic E-state index is 11.7. The summed E-state index contributed by atoms with van der Waals surface area (Å²) >= 11 is 4.84. The van der Waals surface area contributed by atoms with Gasteiger partial charge >= 0.3 is 0 Å². The van der Waals surface area contributed by atoms with Crippen molar-refractivity contribution in [1.82, 2.24) is 10.3 Å². The Morgan fingerprint density at radius 1 is 1.50 bits per heavy atom. The van der Waals surface area contributed by atoms with Crippen LogP contribution in [0.3, 0.4) is 0 Å². The molecule has 0 aromatic carbocycles. The van der Waals surface area contributed by atoms with Crippen molar-refractivity contribution >= 4 is 33.2 Å². The van der Waals surface area contributed by atoms with E-state index in [9.17, 15) is 4.79 Å². The molecule has 4 nitrogen and oxygen atoms in total. The molecular weight excluding hydrogens is 316 g/mol. The van der Waals surface area contributed by atoms with Crippen molar-refractivity contribution in [2.45, 2.75) is 20.3 Å². The molecule has 0 fully saturated rings. The number of thiazole rings is 1. The van der Waals surface area contributed by atoms with Gasteiger partial charge in [-0.2, -0.15) is 0 Å². The second-order valence-corrected chi connectivity index (χ2v) is 5.92. The summed E-state index contributed by atoms with van der Waals surface area (Å²) in [5.74, 6) is 0.124. The Labute approximate surface area is 118 Å². The van der Waals surface area contributed by atoms with Crippen LogP contribution in [0.15, 0.2) is 21.2 Å². The van der Waals surface area contributed by atoms with E-state index in [1.807, 2.05) is 13.8 Å². The maximum absolute atomic E-state index is 11.7. The van der Waals surface area contributed by atoms with Gasteiger partial charge in [0.25, 0.3) is 5.91 Å². The molecule has 0 radical (unpaired) electrons. The number of furan rings is 1. The summed E-state index contributed by atoms with van der Waals surface area (Å²) in [6.45, 7) is 4.56. The second-order valence-electron chi connectivity index (χ2n) is 3.85. The highest BCUT2D eigenvalue weighted by molar-refractivity contribution is 9.10. The number of nitrogens with zero attached hydrogens (tertiary/aromatic N) is 1. The van der Waals surface area contributed by atoms with Crippen LogP contribution in [-0.4, -0.2) is 17.4 Å². The van der Waals surface area contributed by atoms with Crippen LogP contribution in [0.5, 0.6) is 0 Å². The molecule has 0 aliphatic rings. The van der Waals surface area contributed by atoms with Gasteiger partial charge in [0.15, 0.2) is 10.4 Å². The third kappa shape index (κ3) is 3.20. The van der Waals surface area contributed by atoms with Crippen molar-refractivity contribution < 1.29 is 9.21 Å². The van der Waals surface area contributed by atoms with E-state index < -0.39 is 0 Å². The lowest BCUT2D eigenvalue weighted by atomic mass is 10.3. The molecule has 1 N–H and O–H groups in total. The first-order valence-electron chi connectivity index (χ1n) is 5.52. The minimum atomic E-state index is -0.195. The molecule has 0 spiro atoms. The number of aryl methyl sites for hydroxylation is 2. The van der Waals surface area contributed by atoms with Gasteiger partial charge in [-0.25, -0.2) is 4.98 Å². The van der Waals surface area contributed by atoms with Crippen molar-refractivity contribution in [3.05, 3.63) is 38.1 Å². The number of hydrogen-bond donors (Lipinski definition) is 1. The predicted octanol–water partition coefficient (Wildman–Crippen LogP) is 3.09. The van der Waals surface area contributed by atoms with Gasteiger partial charge in [-0.15, -0.1) is 11.3 Å². The van der Waals surface area contributed by atoms with Gasteiger partial charge in [-0.3, -0.25) is 4.79 Å². The topological polar surface area (TPSA) is 55.1 Å². The summed E-state index contributed by atoms with van der Waals surface area (Å²) in [6, 6.07) is 3.34.